The molecule has 7 heteroatoms. The smallest absolute Gasteiger partial charge is 0.258 e. The first-order chi connectivity index (χ1) is 7.29. The van der Waals surface area contributed by atoms with E-state index in [9.17, 15) is 22.4 Å². The van der Waals surface area contributed by atoms with E-state index in [-0.39, 0.29) is 12.1 Å². The van der Waals surface area contributed by atoms with Gasteiger partial charge in [-0.1, -0.05) is 12.1 Å². The second kappa shape index (κ2) is 4.56. The van der Waals surface area contributed by atoms with Crippen LogP contribution in [0.4, 0.5) is 9.57 Å². The normalized spacial score (nSPS) is 11.4. The fraction of sp³-hybridized carbons (Fsp3) is 0.333. The fourth-order valence-corrected chi connectivity index (χ4v) is 1.73. The molecule has 0 atom stereocenters. The van der Waals surface area contributed by atoms with Gasteiger partial charge in [-0.25, -0.2) is 0 Å². The van der Waals surface area contributed by atoms with Crippen LogP contribution in [0.15, 0.2) is 18.2 Å². The number of hydrogen-bond donors (Lipinski definition) is 0. The molecule has 0 radical (unpaired) electrons. The highest BCUT2D eigenvalue weighted by Crippen LogP contribution is 2.19. The van der Waals surface area contributed by atoms with Crippen LogP contribution in [0.3, 0.4) is 0 Å². The largest absolute Gasteiger partial charge is 0.302 e. The van der Waals surface area contributed by atoms with Crippen molar-refractivity contribution in [1.82, 2.24) is 0 Å². The van der Waals surface area contributed by atoms with E-state index in [4.69, 9.17) is 0 Å². The van der Waals surface area contributed by atoms with Crippen LogP contribution in [-0.4, -0.2) is 19.1 Å². The molecule has 0 aliphatic carbocycles. The zero-order chi connectivity index (χ0) is 12.3. The van der Waals surface area contributed by atoms with Crippen molar-refractivity contribution in [2.24, 2.45) is 0 Å². The Morgan fingerprint density at radius 3 is 2.56 bits per heavy atom. The second-order valence-corrected chi connectivity index (χ2v) is 4.86. The molecular formula is C9H10FNO4S. The summed E-state index contributed by atoms with van der Waals surface area (Å²) in [6.07, 6.45) is -0.0695. The topological polar surface area (TPSA) is 77.3 Å². The van der Waals surface area contributed by atoms with Gasteiger partial charge in [-0.15, -0.1) is 3.89 Å². The third-order valence-electron chi connectivity index (χ3n) is 2.10. The molecule has 0 heterocycles. The summed E-state index contributed by atoms with van der Waals surface area (Å²) < 4.78 is 32.8. The van der Waals surface area contributed by atoms with Gasteiger partial charge in [-0.05, 0) is 18.9 Å². The van der Waals surface area contributed by atoms with Crippen molar-refractivity contribution in [3.8, 4) is 0 Å². The van der Waals surface area contributed by atoms with E-state index in [0.29, 0.717) is 11.1 Å². The number of benzene rings is 1. The van der Waals surface area contributed by atoms with Gasteiger partial charge in [-0.3, -0.25) is 10.1 Å². The molecule has 0 bridgehead atoms. The van der Waals surface area contributed by atoms with Crippen molar-refractivity contribution in [3.05, 3.63) is 39.4 Å². The molecule has 0 saturated heterocycles. The summed E-state index contributed by atoms with van der Waals surface area (Å²) in [7, 11) is -4.54. The van der Waals surface area contributed by atoms with Gasteiger partial charge < -0.3 is 0 Å². The van der Waals surface area contributed by atoms with E-state index in [0.717, 1.165) is 0 Å². The predicted octanol–water partition coefficient (Wildman–Crippen LogP) is 1.75. The Kier molecular flexibility index (Phi) is 3.58. The summed E-state index contributed by atoms with van der Waals surface area (Å²) in [5.74, 6) is -0.660. The lowest BCUT2D eigenvalue weighted by Crippen LogP contribution is -2.03. The molecule has 0 spiro atoms. The van der Waals surface area contributed by atoms with E-state index in [2.05, 4.69) is 0 Å². The van der Waals surface area contributed by atoms with Gasteiger partial charge in [0.25, 0.3) is 5.69 Å². The minimum absolute atomic E-state index is 0.0695. The monoisotopic (exact) mass is 247 g/mol. The zero-order valence-electron chi connectivity index (χ0n) is 8.51. The first kappa shape index (κ1) is 12.6. The standard InChI is InChI=1S/C9H10FNO4S/c1-7-2-3-8(4-5-16(10,14)15)6-9(7)11(12)13/h2-3,6H,4-5H2,1H3. The Bertz CT molecular complexity index is 512. The van der Waals surface area contributed by atoms with E-state index in [1.807, 2.05) is 0 Å². The van der Waals surface area contributed by atoms with Crippen molar-refractivity contribution in [2.75, 3.05) is 5.75 Å². The van der Waals surface area contributed by atoms with Gasteiger partial charge >= 0.3 is 10.2 Å². The Hall–Kier alpha value is -1.50. The molecule has 1 aromatic carbocycles. The third-order valence-corrected chi connectivity index (χ3v) is 2.80. The van der Waals surface area contributed by atoms with E-state index >= 15 is 0 Å². The average Bonchev–Trinajstić information content (AvgIpc) is 2.14. The Morgan fingerprint density at radius 1 is 1.44 bits per heavy atom. The zero-order valence-corrected chi connectivity index (χ0v) is 9.33. The van der Waals surface area contributed by atoms with Crippen molar-refractivity contribution in [1.29, 1.82) is 0 Å². The SMILES string of the molecule is Cc1ccc(CCS(=O)(=O)F)cc1[N+](=O)[O-]. The number of nitro benzene ring substituents is 1. The molecule has 0 saturated carbocycles. The third kappa shape index (κ3) is 3.58. The molecule has 0 N–H and O–H groups in total. The minimum Gasteiger partial charge on any atom is -0.258 e. The lowest BCUT2D eigenvalue weighted by molar-refractivity contribution is -0.385. The van der Waals surface area contributed by atoms with E-state index < -0.39 is 20.9 Å². The van der Waals surface area contributed by atoms with Crippen LogP contribution in [0.25, 0.3) is 0 Å². The van der Waals surface area contributed by atoms with E-state index in [1.54, 1.807) is 13.0 Å². The molecule has 0 amide bonds. The Labute approximate surface area is 92.3 Å². The van der Waals surface area contributed by atoms with Crippen LogP contribution in [0.5, 0.6) is 0 Å². The van der Waals surface area contributed by atoms with Gasteiger partial charge in [0.15, 0.2) is 0 Å². The van der Waals surface area contributed by atoms with Crippen molar-refractivity contribution >= 4 is 15.9 Å². The van der Waals surface area contributed by atoms with Gasteiger partial charge in [-0.2, -0.15) is 8.42 Å². The van der Waals surface area contributed by atoms with Crippen LogP contribution in [0.2, 0.25) is 0 Å². The van der Waals surface area contributed by atoms with Crippen molar-refractivity contribution in [3.63, 3.8) is 0 Å². The van der Waals surface area contributed by atoms with E-state index in [1.165, 1.54) is 12.1 Å². The van der Waals surface area contributed by atoms with Crippen LogP contribution in [0, 0.1) is 17.0 Å². The quantitative estimate of drug-likeness (QED) is 0.461. The Morgan fingerprint density at radius 2 is 2.06 bits per heavy atom. The molecule has 88 valence electrons. The molecule has 0 aliphatic heterocycles. The van der Waals surface area contributed by atoms with Crippen LogP contribution >= 0.6 is 0 Å². The van der Waals surface area contributed by atoms with Gasteiger partial charge in [0.1, 0.15) is 0 Å². The lowest BCUT2D eigenvalue weighted by atomic mass is 10.1. The second-order valence-electron chi connectivity index (χ2n) is 3.37. The molecule has 0 aromatic heterocycles. The van der Waals surface area contributed by atoms with Crippen molar-refractivity contribution < 1.29 is 17.2 Å². The molecule has 0 aliphatic rings. The highest BCUT2D eigenvalue weighted by molar-refractivity contribution is 7.86. The molecule has 16 heavy (non-hydrogen) atoms. The maximum atomic E-state index is 12.3. The van der Waals surface area contributed by atoms with Crippen LogP contribution < -0.4 is 0 Å². The van der Waals surface area contributed by atoms with Gasteiger partial charge in [0.05, 0.1) is 10.7 Å². The summed E-state index contributed by atoms with van der Waals surface area (Å²) in [6.45, 7) is 1.58. The van der Waals surface area contributed by atoms with Gasteiger partial charge in [0.2, 0.25) is 0 Å². The molecule has 0 fully saturated rings. The Balaban J connectivity index is 2.91. The highest BCUT2D eigenvalue weighted by Gasteiger charge is 2.13. The molecular weight excluding hydrogens is 237 g/mol. The summed E-state index contributed by atoms with van der Waals surface area (Å²) >= 11 is 0. The molecule has 1 aromatic rings. The first-order valence-electron chi connectivity index (χ1n) is 4.46. The number of nitrogens with zero attached hydrogens (tertiary/aromatic N) is 1. The number of halogens is 1. The molecule has 5 nitrogen and oxygen atoms in total. The number of nitro groups is 1. The summed E-state index contributed by atoms with van der Waals surface area (Å²) in [4.78, 5) is 10.0. The van der Waals surface area contributed by atoms with Crippen molar-refractivity contribution in [2.45, 2.75) is 13.3 Å². The van der Waals surface area contributed by atoms with Crippen LogP contribution in [-0.2, 0) is 16.6 Å². The fourth-order valence-electron chi connectivity index (χ4n) is 1.25. The first-order valence-corrected chi connectivity index (χ1v) is 6.01. The minimum atomic E-state index is -4.54. The molecule has 0 unspecified atom stereocenters. The lowest BCUT2D eigenvalue weighted by Gasteiger charge is -2.01. The summed E-state index contributed by atoms with van der Waals surface area (Å²) in [5.41, 5.74) is 0.823. The number of rotatable bonds is 4. The highest BCUT2D eigenvalue weighted by atomic mass is 32.3. The summed E-state index contributed by atoms with van der Waals surface area (Å²) in [6, 6.07) is 4.33. The maximum absolute atomic E-state index is 12.3. The van der Waals surface area contributed by atoms with Crippen LogP contribution in [0.1, 0.15) is 11.1 Å². The predicted molar refractivity (Wildman–Crippen MR) is 56.4 cm³/mol. The van der Waals surface area contributed by atoms with Gasteiger partial charge in [0, 0.05) is 11.6 Å². The number of hydrogen-bond acceptors (Lipinski definition) is 4. The average molecular weight is 247 g/mol. The summed E-state index contributed by atoms with van der Waals surface area (Å²) in [5, 5.41) is 10.6. The number of aryl methyl sites for hydroxylation is 2. The maximum Gasteiger partial charge on any atom is 0.302 e. The molecule has 1 rings (SSSR count).